The predicted molar refractivity (Wildman–Crippen MR) is 506 cm³/mol. The highest BCUT2D eigenvalue weighted by atomic mass is 79.9. The Balaban J connectivity index is 0.000000126. The van der Waals surface area contributed by atoms with Gasteiger partial charge in [-0.25, -0.2) is 19.6 Å². The van der Waals surface area contributed by atoms with Crippen molar-refractivity contribution in [3.63, 3.8) is 0 Å². The summed E-state index contributed by atoms with van der Waals surface area (Å²) in [6.45, 7) is 22.0. The number of fused-ring (bicyclic) bond motifs is 2. The number of likely N-dealkylation sites (tertiary alicyclic amines) is 5. The Morgan fingerprint density at radius 1 is 0.379 bits per heavy atom. The van der Waals surface area contributed by atoms with Gasteiger partial charge in [0.05, 0.1) is 128 Å². The van der Waals surface area contributed by atoms with Crippen LogP contribution in [-0.2, 0) is 53.6 Å². The second kappa shape index (κ2) is 42.8. The van der Waals surface area contributed by atoms with E-state index in [9.17, 15) is 28.8 Å². The van der Waals surface area contributed by atoms with E-state index in [1.807, 2.05) is 196 Å². The maximum Gasteiger partial charge on any atom is 0.410 e. The van der Waals surface area contributed by atoms with Crippen molar-refractivity contribution in [2.24, 2.45) is 21.7 Å². The van der Waals surface area contributed by atoms with Gasteiger partial charge in [-0.3, -0.25) is 29.1 Å². The summed E-state index contributed by atoms with van der Waals surface area (Å²) in [5, 5.41) is 41.3. The lowest BCUT2D eigenvalue weighted by atomic mass is 9.71. The Morgan fingerprint density at radius 3 is 1.09 bits per heavy atom. The number of hydrogen-bond acceptors (Lipinski definition) is 22. The summed E-state index contributed by atoms with van der Waals surface area (Å²) in [6, 6.07) is 47.6. The molecular formula is C98H118BrClN24O8. The highest BCUT2D eigenvalue weighted by molar-refractivity contribution is 9.08. The Labute approximate surface area is 783 Å². The summed E-state index contributed by atoms with van der Waals surface area (Å²) < 4.78 is 10.9. The summed E-state index contributed by atoms with van der Waals surface area (Å²) in [5.41, 5.74) is 9.64. The van der Waals surface area contributed by atoms with E-state index in [0.29, 0.717) is 69.7 Å². The fourth-order valence-corrected chi connectivity index (χ4v) is 19.6. The fourth-order valence-electron chi connectivity index (χ4n) is 19.0. The van der Waals surface area contributed by atoms with Crippen LogP contribution in [0.15, 0.2) is 208 Å². The molecular weight excluding hydrogens is 1760 g/mol. The Kier molecular flexibility index (Phi) is 30.5. The normalized spacial score (nSPS) is 18.0. The van der Waals surface area contributed by atoms with Gasteiger partial charge in [-0.15, -0.1) is 0 Å². The maximum atomic E-state index is 13.8. The number of hydrogen-bond donors (Lipinski definition) is 2. The molecule has 0 atom stereocenters. The van der Waals surface area contributed by atoms with Crippen LogP contribution in [0.5, 0.6) is 0 Å². The minimum Gasteiger partial charge on any atom is -0.444 e. The number of alkyl halides is 1. The third kappa shape index (κ3) is 23.1. The average molecular weight is 1880 g/mol. The smallest absolute Gasteiger partial charge is 0.410 e. The van der Waals surface area contributed by atoms with Crippen LogP contribution >= 0.6 is 27.5 Å². The number of benzene rings is 6. The summed E-state index contributed by atoms with van der Waals surface area (Å²) in [5.74, 6) is 1.88. The summed E-state index contributed by atoms with van der Waals surface area (Å²) in [4.78, 5) is 113. The molecule has 20 rings (SSSR count). The number of piperidine rings is 8. The van der Waals surface area contributed by atoms with Crippen LogP contribution in [0, 0.1) is 21.7 Å². The van der Waals surface area contributed by atoms with Crippen LogP contribution in [0.1, 0.15) is 167 Å². The first kappa shape index (κ1) is 94.2. The molecule has 0 saturated carbocycles. The zero-order valence-corrected chi connectivity index (χ0v) is 78.5. The Bertz CT molecular complexity index is 5840. The van der Waals surface area contributed by atoms with Crippen molar-refractivity contribution in [2.75, 3.05) is 83.4 Å². The number of nitrogens with one attached hydrogen (secondary N) is 2. The van der Waals surface area contributed by atoms with Gasteiger partial charge in [-0.05, 0) is 228 Å². The molecule has 4 spiro atoms. The SMILES string of the molecule is BrCc1ccccc1-n1nccn1.CC(C)(C)OC(=O)N1CCC2(CCCN(Cc3ccccc3-n3nccn3)C2=O)CC1.CC(C)(C)OC(=O)N1CCC2(CCCNC2=O)CC1.Clc1cnc2ccccc2n1.O=C1N(Cc2ccccc2-n2nccn2)CCCC12CCN(c1cnc3ccccc3n1)CC2.O=C1N(Cc2ccccc2-n2nccn2)CCCC12CCNCC2. The zero-order valence-electron chi connectivity index (χ0n) is 76.1. The van der Waals surface area contributed by atoms with E-state index in [-0.39, 0.29) is 51.6 Å². The quantitative estimate of drug-likeness (QED) is 0.107. The first-order valence-electron chi connectivity index (χ1n) is 45.9. The van der Waals surface area contributed by atoms with Crippen molar-refractivity contribution in [2.45, 2.75) is 180 Å². The van der Waals surface area contributed by atoms with Crippen LogP contribution < -0.4 is 15.5 Å². The van der Waals surface area contributed by atoms with Gasteiger partial charge in [0.25, 0.3) is 0 Å². The molecule has 6 aromatic carbocycles. The predicted octanol–water partition coefficient (Wildman–Crippen LogP) is 15.1. The van der Waals surface area contributed by atoms with Gasteiger partial charge in [-0.1, -0.05) is 125 Å². The molecule has 8 aliphatic heterocycles. The molecule has 6 amide bonds. The monoisotopic (exact) mass is 1870 g/mol. The molecule has 8 saturated heterocycles. The van der Waals surface area contributed by atoms with Crippen LogP contribution in [0.4, 0.5) is 15.4 Å². The number of carbonyl (C=O) groups excluding carboxylic acids is 6. The van der Waals surface area contributed by atoms with E-state index >= 15 is 0 Å². The van der Waals surface area contributed by atoms with Crippen LogP contribution in [0.3, 0.4) is 0 Å². The number of nitrogens with zero attached hydrogens (tertiary/aromatic N) is 22. The number of carbonyl (C=O) groups is 6. The topological polar surface area (TPSA) is 339 Å². The number of anilines is 1. The molecule has 0 unspecified atom stereocenters. The summed E-state index contributed by atoms with van der Waals surface area (Å²) >= 11 is 9.07. The van der Waals surface area contributed by atoms with Crippen molar-refractivity contribution >= 4 is 91.2 Å². The molecule has 0 bridgehead atoms. The molecule has 32 nitrogen and oxygen atoms in total. The number of aromatic nitrogens is 16. The van der Waals surface area contributed by atoms with Gasteiger partial charge >= 0.3 is 12.2 Å². The number of rotatable bonds is 12. The summed E-state index contributed by atoms with van der Waals surface area (Å²) in [7, 11) is 0. The van der Waals surface area contributed by atoms with Crippen molar-refractivity contribution in [3.8, 4) is 22.7 Å². The standard InChI is InChI=1S/C26H27N7O.C23H31N5O3.C18H23N5O.C14H24N2O3.C9H8BrN3.C8H5ClN2/c34-25-26(11-16-31(17-12-26)24-18-27-21-7-2-3-8-22(21)30-24)10-5-15-32(25)19-20-6-1-4-9-23(20)33-28-13-14-29-33;1-22(2,3)31-21(30)26-15-10-23(11-16-26)9-6-14-27(20(23)29)17-18-7-4-5-8-19(18)28-24-12-13-25-28;24-17-18(7-9-19-10-8-18)6-3-13-22(17)14-15-4-1-2-5-16(15)23-20-11-12-21-23;1-13(2,3)19-12(18)16-9-6-14(7-10-16)5-4-8-15-11(14)17;10-7-8-3-1-2-4-9(8)13-11-5-6-12-13;9-8-5-10-6-3-1-2-4-7(6)11-8/h1-4,6-9,13-14,18H,5,10-12,15-17,19H2;4-5,7-8,12-13H,6,9-11,14-17H2,1-3H3;1-2,4-5,11-12,19H,3,6-10,13-14H2;4-10H2,1-3H3,(H,15,17);1-6H,7H2;1-5H. The molecule has 2 N–H and O–H groups in total. The molecule has 0 aliphatic carbocycles. The minimum atomic E-state index is -0.513. The molecule has 0 radical (unpaired) electrons. The first-order valence-corrected chi connectivity index (χ1v) is 47.4. The number of ether oxygens (including phenoxy) is 2. The molecule has 132 heavy (non-hydrogen) atoms. The van der Waals surface area contributed by atoms with E-state index in [4.69, 9.17) is 26.1 Å². The molecule has 8 aliphatic rings. The number of halogens is 2. The van der Waals surface area contributed by atoms with Crippen LogP contribution in [-0.4, -0.2) is 230 Å². The first-order chi connectivity index (χ1) is 63.9. The molecule has 12 aromatic rings. The van der Waals surface area contributed by atoms with Gasteiger partial charge in [0, 0.05) is 90.4 Å². The average Bonchev–Trinajstić information content (AvgIpc) is 1.19. The van der Waals surface area contributed by atoms with Crippen molar-refractivity contribution in [3.05, 3.63) is 235 Å². The van der Waals surface area contributed by atoms with Gasteiger partial charge < -0.3 is 49.5 Å². The van der Waals surface area contributed by atoms with Gasteiger partial charge in [0.1, 0.15) is 22.2 Å². The van der Waals surface area contributed by atoms with E-state index in [2.05, 4.69) is 99.3 Å². The molecule has 6 aromatic heterocycles. The fraction of sp³-hybridized carbons (Fsp3) is 0.449. The van der Waals surface area contributed by atoms with Gasteiger partial charge in [-0.2, -0.15) is 60.0 Å². The van der Waals surface area contributed by atoms with Crippen molar-refractivity contribution in [1.29, 1.82) is 0 Å². The maximum absolute atomic E-state index is 13.8. The van der Waals surface area contributed by atoms with Crippen molar-refractivity contribution in [1.82, 2.24) is 115 Å². The Morgan fingerprint density at radius 2 is 0.705 bits per heavy atom. The Hall–Kier alpha value is -12.5. The lowest BCUT2D eigenvalue weighted by molar-refractivity contribution is -0.150. The van der Waals surface area contributed by atoms with E-state index in [1.54, 1.807) is 84.8 Å². The molecule has 692 valence electrons. The highest BCUT2D eigenvalue weighted by Crippen LogP contribution is 2.46. The largest absolute Gasteiger partial charge is 0.444 e. The van der Waals surface area contributed by atoms with Gasteiger partial charge in [0.15, 0.2) is 0 Å². The second-order valence-electron chi connectivity index (χ2n) is 37.0. The van der Waals surface area contributed by atoms with Gasteiger partial charge in [0.2, 0.25) is 23.6 Å². The minimum absolute atomic E-state index is 0.137. The zero-order chi connectivity index (χ0) is 92.3. The van der Waals surface area contributed by atoms with Crippen LogP contribution in [0.2, 0.25) is 5.15 Å². The van der Waals surface area contributed by atoms with Crippen LogP contribution in [0.25, 0.3) is 44.8 Å². The lowest BCUT2D eigenvalue weighted by Crippen LogP contribution is -2.54. The third-order valence-electron chi connectivity index (χ3n) is 26.0. The molecule has 8 fully saturated rings. The summed E-state index contributed by atoms with van der Waals surface area (Å²) in [6.07, 6.45) is 30.6. The van der Waals surface area contributed by atoms with E-state index in [1.165, 1.54) is 5.56 Å². The second-order valence-corrected chi connectivity index (χ2v) is 37.9. The van der Waals surface area contributed by atoms with E-state index < -0.39 is 11.2 Å². The number of amides is 6. The van der Waals surface area contributed by atoms with Crippen molar-refractivity contribution < 1.29 is 38.2 Å². The number of para-hydroxylation sites is 8. The molecule has 34 heteroatoms. The molecule has 14 heterocycles. The van der Waals surface area contributed by atoms with E-state index in [0.717, 1.165) is 215 Å². The third-order valence-corrected chi connectivity index (χ3v) is 26.8. The highest BCUT2D eigenvalue weighted by Gasteiger charge is 2.50. The lowest BCUT2D eigenvalue weighted by Gasteiger charge is -2.46.